The number of hydrogen-bond acceptors (Lipinski definition) is 4. The molecule has 2 aromatic rings. The minimum Gasteiger partial charge on any atom is -0.340 e. The summed E-state index contributed by atoms with van der Waals surface area (Å²) in [6.07, 6.45) is 2.45. The molecule has 2 heterocycles. The lowest BCUT2D eigenvalue weighted by Gasteiger charge is -2.34. The molecule has 4 nitrogen and oxygen atoms in total. The SMILES string of the molecule is CCc1nc(CN2CCN(C(=O)CCc3ccc(C)cc3C)CC2)cs1. The van der Waals surface area contributed by atoms with E-state index < -0.39 is 0 Å². The van der Waals surface area contributed by atoms with E-state index in [1.54, 1.807) is 11.3 Å². The molecule has 1 aliphatic heterocycles. The number of benzene rings is 1. The summed E-state index contributed by atoms with van der Waals surface area (Å²) in [5.74, 6) is 0.284. The third-order valence-corrected chi connectivity index (χ3v) is 6.16. The van der Waals surface area contributed by atoms with E-state index in [0.717, 1.165) is 45.6 Å². The second-order valence-electron chi connectivity index (χ2n) is 7.17. The third-order valence-electron chi connectivity index (χ3n) is 5.12. The molecular weight excluding hydrogens is 342 g/mol. The number of thiazole rings is 1. The van der Waals surface area contributed by atoms with Crippen LogP contribution in [0.25, 0.3) is 0 Å². The Labute approximate surface area is 160 Å². The Morgan fingerprint density at radius 2 is 1.96 bits per heavy atom. The van der Waals surface area contributed by atoms with Gasteiger partial charge in [-0.25, -0.2) is 4.98 Å². The molecule has 1 aromatic carbocycles. The van der Waals surface area contributed by atoms with Gasteiger partial charge in [-0.3, -0.25) is 9.69 Å². The molecule has 1 saturated heterocycles. The largest absolute Gasteiger partial charge is 0.340 e. The third kappa shape index (κ3) is 4.92. The minimum absolute atomic E-state index is 0.284. The maximum absolute atomic E-state index is 12.6. The quantitative estimate of drug-likeness (QED) is 0.778. The molecule has 26 heavy (non-hydrogen) atoms. The Morgan fingerprint density at radius 3 is 2.62 bits per heavy atom. The van der Waals surface area contributed by atoms with Crippen molar-refractivity contribution in [1.82, 2.24) is 14.8 Å². The summed E-state index contributed by atoms with van der Waals surface area (Å²) >= 11 is 1.75. The first-order valence-corrected chi connectivity index (χ1v) is 10.4. The van der Waals surface area contributed by atoms with Crippen LogP contribution in [0.15, 0.2) is 23.6 Å². The van der Waals surface area contributed by atoms with Gasteiger partial charge in [0.05, 0.1) is 10.7 Å². The van der Waals surface area contributed by atoms with Crippen molar-refractivity contribution in [2.24, 2.45) is 0 Å². The zero-order valence-corrected chi connectivity index (χ0v) is 16.9. The van der Waals surface area contributed by atoms with E-state index in [1.807, 2.05) is 4.90 Å². The highest BCUT2D eigenvalue weighted by atomic mass is 32.1. The Bertz CT molecular complexity index is 747. The standard InChI is InChI=1S/C21H29N3OS/c1-4-20-22-19(15-26-20)14-23-9-11-24(12-10-23)21(25)8-7-18-6-5-16(2)13-17(18)3/h5-6,13,15H,4,7-12,14H2,1-3H3. The predicted octanol–water partition coefficient (Wildman–Crippen LogP) is 3.60. The fourth-order valence-electron chi connectivity index (χ4n) is 3.49. The Kier molecular flexibility index (Phi) is 6.43. The van der Waals surface area contributed by atoms with Crippen molar-refractivity contribution in [2.45, 2.75) is 46.6 Å². The molecule has 1 fully saturated rings. The van der Waals surface area contributed by atoms with E-state index >= 15 is 0 Å². The first-order chi connectivity index (χ1) is 12.5. The molecule has 3 rings (SSSR count). The van der Waals surface area contributed by atoms with Gasteiger partial charge in [0, 0.05) is 44.5 Å². The number of aromatic nitrogens is 1. The number of piperazine rings is 1. The molecular formula is C21H29N3OS. The molecule has 0 bridgehead atoms. The average molecular weight is 372 g/mol. The summed E-state index contributed by atoms with van der Waals surface area (Å²) in [6.45, 7) is 10.8. The Hall–Kier alpha value is -1.72. The molecule has 0 N–H and O–H groups in total. The summed E-state index contributed by atoms with van der Waals surface area (Å²) in [4.78, 5) is 21.6. The maximum atomic E-state index is 12.6. The number of amides is 1. The highest BCUT2D eigenvalue weighted by molar-refractivity contribution is 7.09. The molecule has 5 heteroatoms. The average Bonchev–Trinajstić information content (AvgIpc) is 3.09. The van der Waals surface area contributed by atoms with Crippen molar-refractivity contribution in [3.8, 4) is 0 Å². The number of hydrogen-bond donors (Lipinski definition) is 0. The van der Waals surface area contributed by atoms with Gasteiger partial charge in [-0.2, -0.15) is 0 Å². The van der Waals surface area contributed by atoms with E-state index in [-0.39, 0.29) is 5.91 Å². The predicted molar refractivity (Wildman–Crippen MR) is 108 cm³/mol. The Morgan fingerprint density at radius 1 is 1.19 bits per heavy atom. The summed E-state index contributed by atoms with van der Waals surface area (Å²) in [5.41, 5.74) is 5.02. The maximum Gasteiger partial charge on any atom is 0.222 e. The van der Waals surface area contributed by atoms with Crippen molar-refractivity contribution in [3.05, 3.63) is 51.0 Å². The topological polar surface area (TPSA) is 36.4 Å². The number of carbonyl (C=O) groups is 1. The lowest BCUT2D eigenvalue weighted by atomic mass is 10.0. The van der Waals surface area contributed by atoms with Gasteiger partial charge in [-0.05, 0) is 37.8 Å². The fraction of sp³-hybridized carbons (Fsp3) is 0.524. The highest BCUT2D eigenvalue weighted by Gasteiger charge is 2.21. The van der Waals surface area contributed by atoms with Crippen LogP contribution < -0.4 is 0 Å². The highest BCUT2D eigenvalue weighted by Crippen LogP contribution is 2.16. The van der Waals surface area contributed by atoms with Gasteiger partial charge in [0.15, 0.2) is 0 Å². The molecule has 0 atom stereocenters. The molecule has 0 spiro atoms. The zero-order chi connectivity index (χ0) is 18.5. The van der Waals surface area contributed by atoms with Gasteiger partial charge in [0.25, 0.3) is 0 Å². The number of rotatable bonds is 6. The van der Waals surface area contributed by atoms with Crippen molar-refractivity contribution in [2.75, 3.05) is 26.2 Å². The molecule has 140 valence electrons. The summed E-state index contributed by atoms with van der Waals surface area (Å²) in [7, 11) is 0. The second-order valence-corrected chi connectivity index (χ2v) is 8.12. The van der Waals surface area contributed by atoms with E-state index in [9.17, 15) is 4.79 Å². The lowest BCUT2D eigenvalue weighted by Crippen LogP contribution is -2.48. The van der Waals surface area contributed by atoms with Crippen LogP contribution in [0.3, 0.4) is 0 Å². The summed E-state index contributed by atoms with van der Waals surface area (Å²) in [5, 5.41) is 3.38. The van der Waals surface area contributed by atoms with Crippen LogP contribution in [-0.4, -0.2) is 46.9 Å². The molecule has 1 amide bonds. The van der Waals surface area contributed by atoms with Gasteiger partial charge >= 0.3 is 0 Å². The van der Waals surface area contributed by atoms with Crippen LogP contribution in [0.5, 0.6) is 0 Å². The van der Waals surface area contributed by atoms with Crippen molar-refractivity contribution < 1.29 is 4.79 Å². The van der Waals surface area contributed by atoms with E-state index in [0.29, 0.717) is 6.42 Å². The molecule has 1 aliphatic rings. The van der Waals surface area contributed by atoms with Gasteiger partial charge in [-0.1, -0.05) is 30.7 Å². The lowest BCUT2D eigenvalue weighted by molar-refractivity contribution is -0.133. The van der Waals surface area contributed by atoms with Gasteiger partial charge in [0.2, 0.25) is 5.91 Å². The van der Waals surface area contributed by atoms with Crippen molar-refractivity contribution in [1.29, 1.82) is 0 Å². The van der Waals surface area contributed by atoms with Gasteiger partial charge in [-0.15, -0.1) is 11.3 Å². The first-order valence-electron chi connectivity index (χ1n) is 9.54. The molecule has 1 aromatic heterocycles. The number of nitrogens with zero attached hydrogens (tertiary/aromatic N) is 3. The van der Waals surface area contributed by atoms with Crippen LogP contribution in [0, 0.1) is 13.8 Å². The molecule has 0 saturated carbocycles. The smallest absolute Gasteiger partial charge is 0.222 e. The second kappa shape index (κ2) is 8.78. The number of carbonyl (C=O) groups excluding carboxylic acids is 1. The molecule has 0 radical (unpaired) electrons. The summed E-state index contributed by atoms with van der Waals surface area (Å²) in [6, 6.07) is 6.49. The van der Waals surface area contributed by atoms with Crippen LogP contribution in [0.4, 0.5) is 0 Å². The van der Waals surface area contributed by atoms with Crippen LogP contribution in [0.2, 0.25) is 0 Å². The van der Waals surface area contributed by atoms with E-state index in [1.165, 1.54) is 27.4 Å². The first kappa shape index (κ1) is 19.1. The zero-order valence-electron chi connectivity index (χ0n) is 16.1. The fourth-order valence-corrected chi connectivity index (χ4v) is 4.23. The van der Waals surface area contributed by atoms with Crippen LogP contribution >= 0.6 is 11.3 Å². The number of aryl methyl sites for hydroxylation is 4. The monoisotopic (exact) mass is 371 g/mol. The van der Waals surface area contributed by atoms with Gasteiger partial charge in [0.1, 0.15) is 0 Å². The summed E-state index contributed by atoms with van der Waals surface area (Å²) < 4.78 is 0. The van der Waals surface area contributed by atoms with Crippen LogP contribution in [0.1, 0.15) is 40.7 Å². The molecule has 0 unspecified atom stereocenters. The van der Waals surface area contributed by atoms with Crippen molar-refractivity contribution >= 4 is 17.2 Å². The Balaban J connectivity index is 1.44. The van der Waals surface area contributed by atoms with Crippen LogP contribution in [-0.2, 0) is 24.2 Å². The molecule has 0 aliphatic carbocycles. The van der Waals surface area contributed by atoms with E-state index in [4.69, 9.17) is 0 Å². The van der Waals surface area contributed by atoms with Crippen molar-refractivity contribution in [3.63, 3.8) is 0 Å². The van der Waals surface area contributed by atoms with E-state index in [2.05, 4.69) is 54.2 Å². The van der Waals surface area contributed by atoms with Gasteiger partial charge < -0.3 is 4.90 Å². The normalized spacial score (nSPS) is 15.4. The minimum atomic E-state index is 0.284.